The zero-order chi connectivity index (χ0) is 23.6. The summed E-state index contributed by atoms with van der Waals surface area (Å²) in [6.45, 7) is 3.28. The topological polar surface area (TPSA) is 92.0 Å². The maximum absolute atomic E-state index is 12.9. The van der Waals surface area contributed by atoms with Gasteiger partial charge in [0.15, 0.2) is 17.6 Å². The molecular weight excluding hydrogens is 614 g/mol. The highest BCUT2D eigenvalue weighted by atomic mass is 79.9. The number of carbonyl (C=O) groups is 1. The quantitative estimate of drug-likeness (QED) is 0.286. The molecule has 1 heterocycles. The van der Waals surface area contributed by atoms with Gasteiger partial charge in [-0.2, -0.15) is 9.78 Å². The van der Waals surface area contributed by atoms with Gasteiger partial charge in [0.1, 0.15) is 5.82 Å². The molecule has 0 amide bonds. The van der Waals surface area contributed by atoms with Gasteiger partial charge in [-0.15, -0.1) is 0 Å². The lowest BCUT2D eigenvalue weighted by Crippen LogP contribution is -2.25. The number of benzene rings is 2. The molecule has 0 aliphatic rings. The van der Waals surface area contributed by atoms with Gasteiger partial charge in [0, 0.05) is 14.5 Å². The molecule has 0 saturated carbocycles. The molecule has 0 bridgehead atoms. The number of ether oxygens (including phenoxy) is 3. The van der Waals surface area contributed by atoms with Crippen LogP contribution in [0.5, 0.6) is 11.5 Å². The Morgan fingerprint density at radius 1 is 1.19 bits per heavy atom. The van der Waals surface area contributed by atoms with Crippen LogP contribution in [0.2, 0.25) is 0 Å². The molecule has 0 radical (unpaired) electrons. The highest BCUT2D eigenvalue weighted by molar-refractivity contribution is 9.13. The monoisotopic (exact) mass is 629 g/mol. The van der Waals surface area contributed by atoms with E-state index in [0.29, 0.717) is 42.7 Å². The second kappa shape index (κ2) is 10.1. The Labute approximate surface area is 209 Å². The predicted molar refractivity (Wildman–Crippen MR) is 132 cm³/mol. The average molecular weight is 632 g/mol. The Hall–Kier alpha value is -2.24. The van der Waals surface area contributed by atoms with Crippen LogP contribution in [0.15, 0.2) is 47.6 Å². The number of nitrogens with zero attached hydrogens (tertiary/aromatic N) is 3. The molecule has 0 aliphatic carbocycles. The molecule has 0 aliphatic heterocycles. The van der Waals surface area contributed by atoms with Crippen molar-refractivity contribution in [2.75, 3.05) is 14.2 Å². The smallest absolute Gasteiger partial charge is 0.346 e. The Bertz CT molecular complexity index is 1290. The van der Waals surface area contributed by atoms with Crippen LogP contribution < -0.4 is 15.0 Å². The number of esters is 1. The third kappa shape index (κ3) is 4.89. The van der Waals surface area contributed by atoms with Crippen molar-refractivity contribution in [1.82, 2.24) is 9.66 Å². The van der Waals surface area contributed by atoms with Crippen LogP contribution in [0, 0.1) is 6.92 Å². The predicted octanol–water partition coefficient (Wildman–Crippen LogP) is 4.82. The molecule has 32 heavy (non-hydrogen) atoms. The first-order valence-corrected chi connectivity index (χ1v) is 11.6. The van der Waals surface area contributed by atoms with E-state index in [2.05, 4.69) is 57.9 Å². The van der Waals surface area contributed by atoms with E-state index in [1.807, 2.05) is 6.07 Å². The summed E-state index contributed by atoms with van der Waals surface area (Å²) in [6, 6.07) is 6.98. The largest absolute Gasteiger partial charge is 0.493 e. The summed E-state index contributed by atoms with van der Waals surface area (Å²) in [4.78, 5) is 29.1. The molecule has 1 aromatic heterocycles. The van der Waals surface area contributed by atoms with Crippen molar-refractivity contribution in [3.05, 3.63) is 59.4 Å². The van der Waals surface area contributed by atoms with Gasteiger partial charge < -0.3 is 14.2 Å². The van der Waals surface area contributed by atoms with E-state index in [0.717, 1.165) is 4.47 Å². The fraction of sp³-hybridized carbons (Fsp3) is 0.238. The lowest BCUT2D eigenvalue weighted by Gasteiger charge is -2.18. The second-order valence-corrected chi connectivity index (χ2v) is 9.09. The summed E-state index contributed by atoms with van der Waals surface area (Å²) in [6.07, 6.45) is 0.658. The van der Waals surface area contributed by atoms with Crippen molar-refractivity contribution in [2.24, 2.45) is 5.10 Å². The molecule has 8 nitrogen and oxygen atoms in total. The highest BCUT2D eigenvalue weighted by Gasteiger charge is 2.22. The van der Waals surface area contributed by atoms with Crippen LogP contribution in [0.4, 0.5) is 0 Å². The molecular formula is C21H18Br3N3O5. The summed E-state index contributed by atoms with van der Waals surface area (Å²) in [5.41, 5.74) is 0.903. The van der Waals surface area contributed by atoms with Gasteiger partial charge in [0.05, 0.1) is 35.8 Å². The number of halogens is 3. The van der Waals surface area contributed by atoms with Crippen LogP contribution in [-0.2, 0) is 9.53 Å². The lowest BCUT2D eigenvalue weighted by atomic mass is 10.2. The van der Waals surface area contributed by atoms with Crippen LogP contribution in [0.25, 0.3) is 10.9 Å². The van der Waals surface area contributed by atoms with E-state index in [-0.39, 0.29) is 5.56 Å². The number of hydrogen-bond donors (Lipinski definition) is 0. The summed E-state index contributed by atoms with van der Waals surface area (Å²) >= 11 is 10.3. The number of aryl methyl sites for hydroxylation is 1. The molecule has 0 saturated heterocycles. The molecule has 11 heteroatoms. The van der Waals surface area contributed by atoms with E-state index in [4.69, 9.17) is 14.2 Å². The summed E-state index contributed by atoms with van der Waals surface area (Å²) in [5.74, 6) is 0.600. The summed E-state index contributed by atoms with van der Waals surface area (Å²) in [5, 5.41) is 4.79. The molecule has 1 atom stereocenters. The molecule has 168 valence electrons. The second-order valence-electron chi connectivity index (χ2n) is 6.59. The first-order chi connectivity index (χ1) is 15.2. The van der Waals surface area contributed by atoms with Gasteiger partial charge >= 0.3 is 5.97 Å². The molecule has 0 unspecified atom stereocenters. The van der Waals surface area contributed by atoms with Crippen molar-refractivity contribution in [1.29, 1.82) is 0 Å². The minimum absolute atomic E-state index is 0.293. The Morgan fingerprint density at radius 2 is 1.91 bits per heavy atom. The molecule has 2 aromatic carbocycles. The summed E-state index contributed by atoms with van der Waals surface area (Å²) < 4.78 is 19.0. The highest BCUT2D eigenvalue weighted by Crippen LogP contribution is 2.42. The van der Waals surface area contributed by atoms with Crippen LogP contribution in [0.1, 0.15) is 18.3 Å². The Morgan fingerprint density at radius 3 is 2.56 bits per heavy atom. The zero-order valence-corrected chi connectivity index (χ0v) is 22.2. The van der Waals surface area contributed by atoms with Gasteiger partial charge in [0.2, 0.25) is 0 Å². The lowest BCUT2D eigenvalue weighted by molar-refractivity contribution is -0.147. The van der Waals surface area contributed by atoms with Gasteiger partial charge in [-0.1, -0.05) is 15.9 Å². The van der Waals surface area contributed by atoms with Gasteiger partial charge in [-0.3, -0.25) is 4.79 Å². The van der Waals surface area contributed by atoms with Crippen molar-refractivity contribution in [2.45, 2.75) is 20.0 Å². The molecule has 0 fully saturated rings. The third-order valence-corrected chi connectivity index (χ3v) is 7.12. The fourth-order valence-corrected chi connectivity index (χ4v) is 4.14. The normalized spacial score (nSPS) is 12.2. The van der Waals surface area contributed by atoms with Crippen molar-refractivity contribution < 1.29 is 19.0 Å². The van der Waals surface area contributed by atoms with Crippen molar-refractivity contribution in [3.8, 4) is 11.5 Å². The average Bonchev–Trinajstić information content (AvgIpc) is 2.77. The van der Waals surface area contributed by atoms with Crippen LogP contribution >= 0.6 is 47.8 Å². The number of carbonyl (C=O) groups excluding carboxylic acids is 1. The number of hydrogen-bond acceptors (Lipinski definition) is 7. The van der Waals surface area contributed by atoms with E-state index >= 15 is 0 Å². The number of methoxy groups -OCH3 is 2. The molecule has 3 aromatic rings. The first-order valence-electron chi connectivity index (χ1n) is 9.21. The minimum atomic E-state index is -0.846. The van der Waals surface area contributed by atoms with Gasteiger partial charge in [0.25, 0.3) is 5.56 Å². The minimum Gasteiger partial charge on any atom is -0.493 e. The van der Waals surface area contributed by atoms with Crippen LogP contribution in [0.3, 0.4) is 0 Å². The zero-order valence-electron chi connectivity index (χ0n) is 17.5. The Balaban J connectivity index is 2.05. The number of rotatable bonds is 6. The van der Waals surface area contributed by atoms with E-state index < -0.39 is 12.1 Å². The number of aromatic nitrogens is 2. The van der Waals surface area contributed by atoms with Gasteiger partial charge in [-0.25, -0.2) is 9.78 Å². The first kappa shape index (κ1) is 24.4. The Kier molecular flexibility index (Phi) is 7.73. The molecule has 0 spiro atoms. The standard InChI is InChI=1S/C21H18Br3N3O5/c1-10(21(29)31-4)32-19-16(30-3)7-12(17(23)18(19)24)9-25-27-11(2)26-15-6-5-13(22)8-14(15)20(27)28/h5-10H,1-4H3/t10-/m0/s1. The van der Waals surface area contributed by atoms with Crippen LogP contribution in [-0.4, -0.2) is 42.2 Å². The third-order valence-electron chi connectivity index (χ3n) is 4.49. The maximum atomic E-state index is 12.9. The maximum Gasteiger partial charge on any atom is 0.346 e. The molecule has 0 N–H and O–H groups in total. The van der Waals surface area contributed by atoms with Crippen molar-refractivity contribution in [3.63, 3.8) is 0 Å². The van der Waals surface area contributed by atoms with Gasteiger partial charge in [-0.05, 0) is 70.0 Å². The SMILES string of the molecule is COC(=O)[C@H](C)Oc1c(OC)cc(C=Nn2c(C)nc3ccc(Br)cc3c2=O)c(Br)c1Br. The molecule has 3 rings (SSSR count). The number of fused-ring (bicyclic) bond motifs is 1. The van der Waals surface area contributed by atoms with E-state index in [9.17, 15) is 9.59 Å². The summed E-state index contributed by atoms with van der Waals surface area (Å²) in [7, 11) is 2.76. The van der Waals surface area contributed by atoms with E-state index in [1.54, 1.807) is 32.0 Å². The fourth-order valence-electron chi connectivity index (χ4n) is 2.87. The van der Waals surface area contributed by atoms with E-state index in [1.165, 1.54) is 25.1 Å². The van der Waals surface area contributed by atoms with Crippen molar-refractivity contribution >= 4 is 70.9 Å².